The van der Waals surface area contributed by atoms with Crippen LogP contribution in [0.5, 0.6) is 0 Å². The summed E-state index contributed by atoms with van der Waals surface area (Å²) in [5.41, 5.74) is -0.672. The SMILES string of the molecule is CN(C(=O)OC1CCCC(CF)C1)c1cnc(C(C)(C)O)cn1. The molecule has 6 nitrogen and oxygen atoms in total. The molecule has 0 spiro atoms. The fourth-order valence-corrected chi connectivity index (χ4v) is 2.61. The highest BCUT2D eigenvalue weighted by atomic mass is 19.1. The Labute approximate surface area is 135 Å². The summed E-state index contributed by atoms with van der Waals surface area (Å²) in [5.74, 6) is 0.318. The van der Waals surface area contributed by atoms with E-state index in [1.807, 2.05) is 0 Å². The van der Waals surface area contributed by atoms with Gasteiger partial charge < -0.3 is 9.84 Å². The lowest BCUT2D eigenvalue weighted by atomic mass is 9.88. The number of aromatic nitrogens is 2. The number of hydrogen-bond acceptors (Lipinski definition) is 5. The highest BCUT2D eigenvalue weighted by molar-refractivity contribution is 5.85. The second kappa shape index (κ2) is 7.21. The minimum absolute atomic E-state index is 0.0160. The smallest absolute Gasteiger partial charge is 0.415 e. The molecule has 0 radical (unpaired) electrons. The molecule has 1 aromatic rings. The normalized spacial score (nSPS) is 21.8. The van der Waals surface area contributed by atoms with E-state index in [2.05, 4.69) is 9.97 Å². The Hall–Kier alpha value is -1.76. The number of ether oxygens (including phenoxy) is 1. The maximum atomic E-state index is 12.8. The number of alkyl halides is 1. The first-order valence-corrected chi connectivity index (χ1v) is 7.86. The highest BCUT2D eigenvalue weighted by Crippen LogP contribution is 2.27. The molecule has 1 heterocycles. The summed E-state index contributed by atoms with van der Waals surface area (Å²) in [6.45, 7) is 2.85. The van der Waals surface area contributed by atoms with E-state index in [-0.39, 0.29) is 18.7 Å². The molecule has 1 aromatic heterocycles. The summed E-state index contributed by atoms with van der Waals surface area (Å²) in [7, 11) is 1.55. The number of anilines is 1. The van der Waals surface area contributed by atoms with Crippen LogP contribution in [-0.2, 0) is 10.3 Å². The van der Waals surface area contributed by atoms with Crippen LogP contribution >= 0.6 is 0 Å². The maximum absolute atomic E-state index is 12.8. The lowest BCUT2D eigenvalue weighted by Crippen LogP contribution is -2.34. The summed E-state index contributed by atoms with van der Waals surface area (Å²) in [6, 6.07) is 0. The molecule has 2 atom stereocenters. The van der Waals surface area contributed by atoms with E-state index < -0.39 is 11.7 Å². The van der Waals surface area contributed by atoms with Gasteiger partial charge in [-0.15, -0.1) is 0 Å². The molecule has 2 unspecified atom stereocenters. The Morgan fingerprint density at radius 3 is 2.74 bits per heavy atom. The molecule has 1 N–H and O–H groups in total. The van der Waals surface area contributed by atoms with Crippen molar-refractivity contribution in [2.45, 2.75) is 51.2 Å². The Balaban J connectivity index is 1.96. The summed E-state index contributed by atoms with van der Waals surface area (Å²) < 4.78 is 18.2. The number of rotatable bonds is 4. The van der Waals surface area contributed by atoms with Gasteiger partial charge in [-0.1, -0.05) is 0 Å². The van der Waals surface area contributed by atoms with Crippen LogP contribution in [0, 0.1) is 5.92 Å². The van der Waals surface area contributed by atoms with Crippen molar-refractivity contribution in [3.63, 3.8) is 0 Å². The standard InChI is InChI=1S/C16H24FN3O3/c1-16(2,22)13-9-19-14(10-18-13)20(3)15(21)23-12-6-4-5-11(7-12)8-17/h9-12,22H,4-8H2,1-3H3. The van der Waals surface area contributed by atoms with Crippen LogP contribution in [0.25, 0.3) is 0 Å². The van der Waals surface area contributed by atoms with Gasteiger partial charge in [-0.3, -0.25) is 14.3 Å². The Kier molecular flexibility index (Phi) is 5.51. The van der Waals surface area contributed by atoms with Gasteiger partial charge >= 0.3 is 6.09 Å². The van der Waals surface area contributed by atoms with E-state index in [4.69, 9.17) is 4.74 Å². The molecule has 1 fully saturated rings. The van der Waals surface area contributed by atoms with Crippen molar-refractivity contribution in [1.29, 1.82) is 0 Å². The highest BCUT2D eigenvalue weighted by Gasteiger charge is 2.27. The minimum Gasteiger partial charge on any atom is -0.446 e. The van der Waals surface area contributed by atoms with E-state index in [0.717, 1.165) is 19.3 Å². The lowest BCUT2D eigenvalue weighted by molar-refractivity contribution is 0.0599. The van der Waals surface area contributed by atoms with E-state index in [0.29, 0.717) is 17.9 Å². The lowest BCUT2D eigenvalue weighted by Gasteiger charge is -2.28. The van der Waals surface area contributed by atoms with E-state index in [9.17, 15) is 14.3 Å². The average Bonchev–Trinajstić information content (AvgIpc) is 2.53. The second-order valence-electron chi connectivity index (χ2n) is 6.57. The minimum atomic E-state index is -1.09. The van der Waals surface area contributed by atoms with Gasteiger partial charge in [-0.2, -0.15) is 0 Å². The largest absolute Gasteiger partial charge is 0.446 e. The number of aliphatic hydroxyl groups is 1. The maximum Gasteiger partial charge on any atom is 0.415 e. The van der Waals surface area contributed by atoms with Crippen LogP contribution in [0.4, 0.5) is 15.0 Å². The van der Waals surface area contributed by atoms with Gasteiger partial charge in [0.05, 0.1) is 24.8 Å². The predicted octanol–water partition coefficient (Wildman–Crippen LogP) is 2.81. The van der Waals surface area contributed by atoms with Crippen molar-refractivity contribution < 1.29 is 19.0 Å². The number of carbonyl (C=O) groups excluding carboxylic acids is 1. The van der Waals surface area contributed by atoms with Gasteiger partial charge in [-0.25, -0.2) is 9.78 Å². The third-order valence-electron chi connectivity index (χ3n) is 4.10. The first kappa shape index (κ1) is 17.6. The van der Waals surface area contributed by atoms with Crippen molar-refractivity contribution in [1.82, 2.24) is 9.97 Å². The van der Waals surface area contributed by atoms with E-state index >= 15 is 0 Å². The molecule has 1 aliphatic rings. The third-order valence-corrected chi connectivity index (χ3v) is 4.10. The Bertz CT molecular complexity index is 530. The first-order chi connectivity index (χ1) is 10.8. The zero-order valence-electron chi connectivity index (χ0n) is 13.8. The number of carbonyl (C=O) groups is 1. The molecular weight excluding hydrogens is 301 g/mol. The molecule has 0 aromatic carbocycles. The van der Waals surface area contributed by atoms with Crippen molar-refractivity contribution in [3.05, 3.63) is 18.1 Å². The Morgan fingerprint density at radius 1 is 1.43 bits per heavy atom. The molecule has 0 aliphatic heterocycles. The zero-order chi connectivity index (χ0) is 17.0. The van der Waals surface area contributed by atoms with Crippen molar-refractivity contribution in [2.75, 3.05) is 18.6 Å². The number of amides is 1. The van der Waals surface area contributed by atoms with Crippen LogP contribution in [0.2, 0.25) is 0 Å². The number of nitrogens with zero attached hydrogens (tertiary/aromatic N) is 3. The Morgan fingerprint density at radius 2 is 2.17 bits per heavy atom. The monoisotopic (exact) mass is 325 g/mol. The second-order valence-corrected chi connectivity index (χ2v) is 6.57. The molecular formula is C16H24FN3O3. The van der Waals surface area contributed by atoms with E-state index in [1.54, 1.807) is 20.9 Å². The fraction of sp³-hybridized carbons (Fsp3) is 0.688. The third kappa shape index (κ3) is 4.60. The fourth-order valence-electron chi connectivity index (χ4n) is 2.61. The molecule has 23 heavy (non-hydrogen) atoms. The molecule has 0 saturated heterocycles. The number of hydrogen-bond donors (Lipinski definition) is 1. The molecule has 128 valence electrons. The van der Waals surface area contributed by atoms with Crippen LogP contribution in [0.1, 0.15) is 45.2 Å². The van der Waals surface area contributed by atoms with Crippen LogP contribution < -0.4 is 4.90 Å². The zero-order valence-corrected chi connectivity index (χ0v) is 13.8. The average molecular weight is 325 g/mol. The van der Waals surface area contributed by atoms with Crippen molar-refractivity contribution in [2.24, 2.45) is 5.92 Å². The van der Waals surface area contributed by atoms with Gasteiger partial charge in [0.1, 0.15) is 11.7 Å². The van der Waals surface area contributed by atoms with Gasteiger partial charge in [0, 0.05) is 7.05 Å². The van der Waals surface area contributed by atoms with Crippen molar-refractivity contribution in [3.8, 4) is 0 Å². The van der Waals surface area contributed by atoms with Gasteiger partial charge in [0.25, 0.3) is 0 Å². The first-order valence-electron chi connectivity index (χ1n) is 7.86. The van der Waals surface area contributed by atoms with Gasteiger partial charge in [-0.05, 0) is 45.4 Å². The molecule has 7 heteroatoms. The molecule has 2 rings (SSSR count). The summed E-state index contributed by atoms with van der Waals surface area (Å²) in [5, 5.41) is 9.85. The predicted molar refractivity (Wildman–Crippen MR) is 83.9 cm³/mol. The summed E-state index contributed by atoms with van der Waals surface area (Å²) >= 11 is 0. The molecule has 1 saturated carbocycles. The quantitative estimate of drug-likeness (QED) is 0.921. The molecule has 0 bridgehead atoms. The molecule has 1 amide bonds. The van der Waals surface area contributed by atoms with E-state index in [1.165, 1.54) is 17.3 Å². The number of halogens is 1. The molecule has 1 aliphatic carbocycles. The van der Waals surface area contributed by atoms with Crippen LogP contribution in [-0.4, -0.2) is 41.0 Å². The van der Waals surface area contributed by atoms with Crippen molar-refractivity contribution >= 4 is 11.9 Å². The van der Waals surface area contributed by atoms with Crippen LogP contribution in [0.15, 0.2) is 12.4 Å². The van der Waals surface area contributed by atoms with Gasteiger partial charge in [0.2, 0.25) is 0 Å². The van der Waals surface area contributed by atoms with Crippen LogP contribution in [0.3, 0.4) is 0 Å². The van der Waals surface area contributed by atoms with Gasteiger partial charge in [0.15, 0.2) is 5.82 Å². The summed E-state index contributed by atoms with van der Waals surface area (Å²) in [4.78, 5) is 21.7. The summed E-state index contributed by atoms with van der Waals surface area (Å²) in [6.07, 6.45) is 5.13. The topological polar surface area (TPSA) is 75.6 Å².